The van der Waals surface area contributed by atoms with Gasteiger partial charge in [0, 0.05) is 6.61 Å². The van der Waals surface area contributed by atoms with Gasteiger partial charge in [0.25, 0.3) is 0 Å². The van der Waals surface area contributed by atoms with Crippen molar-refractivity contribution in [2.75, 3.05) is 6.61 Å². The van der Waals surface area contributed by atoms with E-state index in [1.165, 1.54) is 0 Å². The topological polar surface area (TPSA) is 29.5 Å². The lowest BCUT2D eigenvalue weighted by atomic mass is 9.98. The molecule has 0 aromatic heterocycles. The summed E-state index contributed by atoms with van der Waals surface area (Å²) in [6, 6.07) is 0. The third kappa shape index (κ3) is 3.21. The summed E-state index contributed by atoms with van der Waals surface area (Å²) < 4.78 is 5.50. The molecule has 1 heterocycles. The third-order valence-corrected chi connectivity index (χ3v) is 2.07. The molecule has 0 aromatic carbocycles. The quantitative estimate of drug-likeness (QED) is 0.661. The van der Waals surface area contributed by atoms with Crippen molar-refractivity contribution in [3.05, 3.63) is 0 Å². The predicted octanol–water partition coefficient (Wildman–Crippen LogP) is 1.57. The van der Waals surface area contributed by atoms with Crippen LogP contribution < -0.4 is 0 Å². The summed E-state index contributed by atoms with van der Waals surface area (Å²) in [5, 5.41) is 9.31. The Labute approximate surface area is 68.6 Å². The number of aliphatic hydroxyl groups is 1. The van der Waals surface area contributed by atoms with E-state index in [1.807, 2.05) is 0 Å². The average molecular weight is 158 g/mol. The van der Waals surface area contributed by atoms with Crippen LogP contribution in [0.2, 0.25) is 0 Å². The Kier molecular flexibility index (Phi) is 3.34. The van der Waals surface area contributed by atoms with Crippen LogP contribution in [0, 0.1) is 5.92 Å². The van der Waals surface area contributed by atoms with E-state index in [-0.39, 0.29) is 6.10 Å². The summed E-state index contributed by atoms with van der Waals surface area (Å²) in [6.45, 7) is 5.10. The fourth-order valence-electron chi connectivity index (χ4n) is 1.55. The minimum Gasteiger partial charge on any atom is -0.393 e. The number of hydrogen-bond acceptors (Lipinski definition) is 2. The van der Waals surface area contributed by atoms with E-state index in [9.17, 15) is 5.11 Å². The van der Waals surface area contributed by atoms with Gasteiger partial charge < -0.3 is 9.84 Å². The van der Waals surface area contributed by atoms with Gasteiger partial charge in [-0.2, -0.15) is 0 Å². The van der Waals surface area contributed by atoms with Gasteiger partial charge in [-0.05, 0) is 25.2 Å². The summed E-state index contributed by atoms with van der Waals surface area (Å²) in [4.78, 5) is 0. The highest BCUT2D eigenvalue weighted by molar-refractivity contribution is 4.71. The van der Waals surface area contributed by atoms with Crippen molar-refractivity contribution in [3.8, 4) is 0 Å². The molecule has 0 spiro atoms. The first-order valence-corrected chi connectivity index (χ1v) is 4.48. The van der Waals surface area contributed by atoms with Crippen LogP contribution in [0.3, 0.4) is 0 Å². The van der Waals surface area contributed by atoms with Crippen molar-refractivity contribution < 1.29 is 9.84 Å². The van der Waals surface area contributed by atoms with Crippen molar-refractivity contribution in [1.82, 2.24) is 0 Å². The molecular formula is C9H18O2. The van der Waals surface area contributed by atoms with Gasteiger partial charge in [-0.25, -0.2) is 0 Å². The first kappa shape index (κ1) is 9.01. The molecule has 2 atom stereocenters. The summed E-state index contributed by atoms with van der Waals surface area (Å²) in [5.41, 5.74) is 0. The van der Waals surface area contributed by atoms with Crippen LogP contribution >= 0.6 is 0 Å². The Bertz CT molecular complexity index is 110. The van der Waals surface area contributed by atoms with E-state index < -0.39 is 0 Å². The second-order valence-corrected chi connectivity index (χ2v) is 3.80. The van der Waals surface area contributed by atoms with Crippen LogP contribution in [0.4, 0.5) is 0 Å². The van der Waals surface area contributed by atoms with E-state index in [0.717, 1.165) is 25.9 Å². The van der Waals surface area contributed by atoms with E-state index in [0.29, 0.717) is 12.0 Å². The van der Waals surface area contributed by atoms with E-state index in [1.54, 1.807) is 0 Å². The van der Waals surface area contributed by atoms with Crippen molar-refractivity contribution in [2.45, 2.75) is 45.3 Å². The SMILES string of the molecule is CC(C)C[C@H]1CC(O)CCO1. The first-order valence-electron chi connectivity index (χ1n) is 4.48. The molecule has 0 amide bonds. The summed E-state index contributed by atoms with van der Waals surface area (Å²) >= 11 is 0. The number of ether oxygens (including phenoxy) is 1. The van der Waals surface area contributed by atoms with Gasteiger partial charge >= 0.3 is 0 Å². The van der Waals surface area contributed by atoms with Crippen LogP contribution in [0.25, 0.3) is 0 Å². The maximum atomic E-state index is 9.31. The van der Waals surface area contributed by atoms with E-state index in [2.05, 4.69) is 13.8 Å². The van der Waals surface area contributed by atoms with Crippen molar-refractivity contribution in [1.29, 1.82) is 0 Å². The second-order valence-electron chi connectivity index (χ2n) is 3.80. The molecule has 0 bridgehead atoms. The molecule has 1 fully saturated rings. The molecule has 1 aliphatic rings. The minimum atomic E-state index is -0.118. The van der Waals surface area contributed by atoms with Crippen molar-refractivity contribution >= 4 is 0 Å². The van der Waals surface area contributed by atoms with E-state index >= 15 is 0 Å². The molecule has 2 heteroatoms. The highest BCUT2D eigenvalue weighted by Gasteiger charge is 2.20. The zero-order valence-electron chi connectivity index (χ0n) is 7.42. The average Bonchev–Trinajstić information content (AvgIpc) is 1.85. The monoisotopic (exact) mass is 158 g/mol. The van der Waals surface area contributed by atoms with Gasteiger partial charge in [0.1, 0.15) is 0 Å². The lowest BCUT2D eigenvalue weighted by molar-refractivity contribution is -0.0507. The Balaban J connectivity index is 2.23. The Morgan fingerprint density at radius 1 is 1.55 bits per heavy atom. The molecule has 1 unspecified atom stereocenters. The Hall–Kier alpha value is -0.0800. The molecule has 1 N–H and O–H groups in total. The second kappa shape index (κ2) is 4.07. The standard InChI is InChI=1S/C9H18O2/c1-7(2)5-9-6-8(10)3-4-11-9/h7-10H,3-6H2,1-2H3/t8?,9-/m0/s1. The first-order chi connectivity index (χ1) is 5.18. The van der Waals surface area contributed by atoms with Gasteiger partial charge in [-0.3, -0.25) is 0 Å². The third-order valence-electron chi connectivity index (χ3n) is 2.07. The fraction of sp³-hybridized carbons (Fsp3) is 1.00. The van der Waals surface area contributed by atoms with Gasteiger partial charge in [0.15, 0.2) is 0 Å². The Morgan fingerprint density at radius 2 is 2.27 bits per heavy atom. The Morgan fingerprint density at radius 3 is 2.82 bits per heavy atom. The fourth-order valence-corrected chi connectivity index (χ4v) is 1.55. The van der Waals surface area contributed by atoms with Crippen LogP contribution in [-0.2, 0) is 4.74 Å². The van der Waals surface area contributed by atoms with E-state index in [4.69, 9.17) is 4.74 Å². The largest absolute Gasteiger partial charge is 0.393 e. The molecule has 0 radical (unpaired) electrons. The maximum Gasteiger partial charge on any atom is 0.0602 e. The normalized spacial score (nSPS) is 32.7. The van der Waals surface area contributed by atoms with Gasteiger partial charge in [-0.15, -0.1) is 0 Å². The van der Waals surface area contributed by atoms with Gasteiger partial charge in [-0.1, -0.05) is 13.8 Å². The lowest BCUT2D eigenvalue weighted by Gasteiger charge is -2.27. The zero-order valence-corrected chi connectivity index (χ0v) is 7.42. The molecule has 1 rings (SSSR count). The highest BCUT2D eigenvalue weighted by Crippen LogP contribution is 2.19. The van der Waals surface area contributed by atoms with Gasteiger partial charge in [0.05, 0.1) is 12.2 Å². The van der Waals surface area contributed by atoms with Crippen LogP contribution in [0.5, 0.6) is 0 Å². The number of rotatable bonds is 2. The lowest BCUT2D eigenvalue weighted by Crippen LogP contribution is -2.29. The molecule has 1 aliphatic heterocycles. The summed E-state index contributed by atoms with van der Waals surface area (Å²) in [7, 11) is 0. The zero-order chi connectivity index (χ0) is 8.27. The van der Waals surface area contributed by atoms with Crippen LogP contribution in [0.15, 0.2) is 0 Å². The molecule has 0 aromatic rings. The number of aliphatic hydroxyl groups excluding tert-OH is 1. The molecule has 1 saturated heterocycles. The highest BCUT2D eigenvalue weighted by atomic mass is 16.5. The molecule has 11 heavy (non-hydrogen) atoms. The summed E-state index contributed by atoms with van der Waals surface area (Å²) in [5.74, 6) is 0.672. The molecule has 66 valence electrons. The smallest absolute Gasteiger partial charge is 0.0602 e. The van der Waals surface area contributed by atoms with Crippen LogP contribution in [0.1, 0.15) is 33.1 Å². The van der Waals surface area contributed by atoms with Crippen molar-refractivity contribution in [3.63, 3.8) is 0 Å². The maximum absolute atomic E-state index is 9.31. The number of hydrogen-bond donors (Lipinski definition) is 1. The predicted molar refractivity (Wildman–Crippen MR) is 44.4 cm³/mol. The van der Waals surface area contributed by atoms with Crippen molar-refractivity contribution in [2.24, 2.45) is 5.92 Å². The van der Waals surface area contributed by atoms with Gasteiger partial charge in [0.2, 0.25) is 0 Å². The molecule has 0 aliphatic carbocycles. The van der Waals surface area contributed by atoms with Crippen LogP contribution in [-0.4, -0.2) is 23.9 Å². The molecule has 0 saturated carbocycles. The molecule has 2 nitrogen and oxygen atoms in total. The minimum absolute atomic E-state index is 0.118. The summed E-state index contributed by atoms with van der Waals surface area (Å²) in [6.07, 6.45) is 2.91. The molecular weight excluding hydrogens is 140 g/mol.